The smallest absolute Gasteiger partial charge is 0.371 e. The Hall–Kier alpha value is -2.89. The van der Waals surface area contributed by atoms with Crippen molar-refractivity contribution in [3.8, 4) is 0 Å². The molecule has 0 unspecified atom stereocenters. The summed E-state index contributed by atoms with van der Waals surface area (Å²) in [6.07, 6.45) is 4.99. The minimum Gasteiger partial charge on any atom is -0.475 e. The monoisotopic (exact) mass is 324 g/mol. The van der Waals surface area contributed by atoms with Crippen molar-refractivity contribution in [2.45, 2.75) is 19.3 Å². The topological polar surface area (TPSA) is 83.6 Å². The van der Waals surface area contributed by atoms with E-state index in [1.54, 1.807) is 0 Å². The van der Waals surface area contributed by atoms with E-state index in [0.29, 0.717) is 10.8 Å². The summed E-state index contributed by atoms with van der Waals surface area (Å²) in [5.74, 6) is -1.62. The van der Waals surface area contributed by atoms with E-state index in [1.165, 1.54) is 12.6 Å². The van der Waals surface area contributed by atoms with Crippen LogP contribution in [0, 0.1) is 0 Å². The normalized spacial score (nSPS) is 15.1. The van der Waals surface area contributed by atoms with Gasteiger partial charge in [-0.1, -0.05) is 6.07 Å². The molecule has 6 heteroatoms. The first kappa shape index (κ1) is 14.7. The van der Waals surface area contributed by atoms with Gasteiger partial charge in [-0.25, -0.2) is 4.79 Å². The summed E-state index contributed by atoms with van der Waals surface area (Å²) in [5.41, 5.74) is 1.62. The highest BCUT2D eigenvalue weighted by atomic mass is 16.4. The second kappa shape index (κ2) is 5.63. The Morgan fingerprint density at radius 1 is 1.17 bits per heavy atom. The van der Waals surface area contributed by atoms with Crippen LogP contribution in [0.25, 0.3) is 21.9 Å². The molecular formula is C18H16N2O4. The van der Waals surface area contributed by atoms with Gasteiger partial charge in [0.15, 0.2) is 5.43 Å². The van der Waals surface area contributed by atoms with Crippen LogP contribution in [0.15, 0.2) is 39.7 Å². The summed E-state index contributed by atoms with van der Waals surface area (Å²) >= 11 is 0. The van der Waals surface area contributed by atoms with E-state index in [-0.39, 0.29) is 11.3 Å². The molecule has 1 fully saturated rings. The Morgan fingerprint density at radius 2 is 1.96 bits per heavy atom. The maximum Gasteiger partial charge on any atom is 0.371 e. The van der Waals surface area contributed by atoms with Crippen LogP contribution in [-0.4, -0.2) is 29.1 Å². The highest BCUT2D eigenvalue weighted by molar-refractivity contribution is 6.06. The number of aromatic carboxylic acids is 1. The summed E-state index contributed by atoms with van der Waals surface area (Å²) in [6.45, 7) is 1.94. The highest BCUT2D eigenvalue weighted by Gasteiger charge is 2.18. The Labute approximate surface area is 137 Å². The van der Waals surface area contributed by atoms with Crippen LogP contribution >= 0.6 is 0 Å². The van der Waals surface area contributed by atoms with Crippen molar-refractivity contribution in [1.29, 1.82) is 0 Å². The van der Waals surface area contributed by atoms with E-state index in [9.17, 15) is 9.59 Å². The van der Waals surface area contributed by atoms with E-state index in [4.69, 9.17) is 9.52 Å². The lowest BCUT2D eigenvalue weighted by Crippen LogP contribution is -2.29. The molecule has 1 aliphatic heterocycles. The maximum atomic E-state index is 12.2. The molecule has 6 nitrogen and oxygen atoms in total. The number of fused-ring (bicyclic) bond motifs is 3. The molecule has 3 heterocycles. The van der Waals surface area contributed by atoms with Crippen LogP contribution < -0.4 is 10.3 Å². The Kier molecular flexibility index (Phi) is 3.45. The number of hydrogen-bond donors (Lipinski definition) is 1. The Bertz CT molecular complexity index is 1000. The largest absolute Gasteiger partial charge is 0.475 e. The zero-order valence-electron chi connectivity index (χ0n) is 13.0. The van der Waals surface area contributed by atoms with Crippen molar-refractivity contribution in [3.63, 3.8) is 0 Å². The number of carbonyl (C=O) groups is 1. The first-order chi connectivity index (χ1) is 11.6. The van der Waals surface area contributed by atoms with E-state index in [1.807, 2.05) is 18.2 Å². The molecular weight excluding hydrogens is 308 g/mol. The van der Waals surface area contributed by atoms with Crippen molar-refractivity contribution in [2.24, 2.45) is 0 Å². The number of pyridine rings is 1. The van der Waals surface area contributed by atoms with Crippen molar-refractivity contribution in [1.82, 2.24) is 4.98 Å². The van der Waals surface area contributed by atoms with Gasteiger partial charge in [0.05, 0.1) is 16.6 Å². The van der Waals surface area contributed by atoms with Crippen LogP contribution in [0.5, 0.6) is 0 Å². The number of anilines is 1. The predicted octanol–water partition coefficient (Wildman–Crippen LogP) is 3.03. The molecule has 0 amide bonds. The van der Waals surface area contributed by atoms with Crippen LogP contribution in [-0.2, 0) is 0 Å². The number of carboxylic acids is 1. The molecule has 0 aliphatic carbocycles. The third-order valence-electron chi connectivity index (χ3n) is 4.47. The Balaban J connectivity index is 2.01. The highest BCUT2D eigenvalue weighted by Crippen LogP contribution is 2.31. The van der Waals surface area contributed by atoms with Gasteiger partial charge in [-0.05, 0) is 31.4 Å². The minimum atomic E-state index is -1.26. The average molecular weight is 324 g/mol. The fourth-order valence-electron chi connectivity index (χ4n) is 3.30. The number of benzene rings is 1. The SMILES string of the molecule is O=C(O)c1cc(=O)c2cnc3c(N4CCCCC4)cccc3c2o1. The van der Waals surface area contributed by atoms with Gasteiger partial charge in [-0.15, -0.1) is 0 Å². The molecule has 0 bridgehead atoms. The summed E-state index contributed by atoms with van der Waals surface area (Å²) in [6, 6.07) is 6.70. The van der Waals surface area contributed by atoms with E-state index >= 15 is 0 Å². The van der Waals surface area contributed by atoms with Gasteiger partial charge in [-0.3, -0.25) is 9.78 Å². The van der Waals surface area contributed by atoms with Gasteiger partial charge in [0.2, 0.25) is 5.76 Å². The Morgan fingerprint density at radius 3 is 2.71 bits per heavy atom. The van der Waals surface area contributed by atoms with Crippen molar-refractivity contribution < 1.29 is 14.3 Å². The third kappa shape index (κ3) is 2.31. The second-order valence-corrected chi connectivity index (χ2v) is 6.00. The predicted molar refractivity (Wildman–Crippen MR) is 90.8 cm³/mol. The first-order valence-corrected chi connectivity index (χ1v) is 7.99. The molecule has 1 saturated heterocycles. The number of carboxylic acid groups (broad SMARTS) is 1. The molecule has 122 valence electrons. The lowest BCUT2D eigenvalue weighted by atomic mass is 10.1. The van der Waals surface area contributed by atoms with E-state index in [0.717, 1.165) is 43.2 Å². The van der Waals surface area contributed by atoms with Crippen molar-refractivity contribution >= 4 is 33.5 Å². The van der Waals surface area contributed by atoms with Gasteiger partial charge < -0.3 is 14.4 Å². The standard InChI is InChI=1S/C18H16N2O4/c21-14-9-15(18(22)23)24-17-11-5-4-6-13(16(11)19-10-12(14)17)20-7-2-1-3-8-20/h4-6,9-10H,1-3,7-8H2,(H,22,23). The molecule has 1 aromatic carbocycles. The van der Waals surface area contributed by atoms with Gasteiger partial charge >= 0.3 is 5.97 Å². The van der Waals surface area contributed by atoms with Gasteiger partial charge in [0.1, 0.15) is 5.58 Å². The molecule has 24 heavy (non-hydrogen) atoms. The lowest BCUT2D eigenvalue weighted by Gasteiger charge is -2.29. The minimum absolute atomic E-state index is 0.281. The molecule has 0 saturated carbocycles. The molecule has 1 N–H and O–H groups in total. The molecule has 0 radical (unpaired) electrons. The molecule has 1 aliphatic rings. The van der Waals surface area contributed by atoms with Gasteiger partial charge in [-0.2, -0.15) is 0 Å². The molecule has 4 rings (SSSR count). The summed E-state index contributed by atoms with van der Waals surface area (Å²) in [4.78, 5) is 30.1. The van der Waals surface area contributed by atoms with Gasteiger partial charge in [0, 0.05) is 30.7 Å². The van der Waals surface area contributed by atoms with Crippen LogP contribution in [0.4, 0.5) is 5.69 Å². The first-order valence-electron chi connectivity index (χ1n) is 7.99. The fourth-order valence-corrected chi connectivity index (χ4v) is 3.30. The maximum absolute atomic E-state index is 12.2. The number of piperidine rings is 1. The van der Waals surface area contributed by atoms with Crippen LogP contribution in [0.1, 0.15) is 29.8 Å². The number of nitrogens with zero attached hydrogens (tertiary/aromatic N) is 2. The van der Waals surface area contributed by atoms with Crippen LogP contribution in [0.2, 0.25) is 0 Å². The fraction of sp³-hybridized carbons (Fsp3) is 0.278. The quantitative estimate of drug-likeness (QED) is 0.730. The van der Waals surface area contributed by atoms with Crippen molar-refractivity contribution in [3.05, 3.63) is 46.4 Å². The average Bonchev–Trinajstić information content (AvgIpc) is 2.61. The van der Waals surface area contributed by atoms with Crippen molar-refractivity contribution in [2.75, 3.05) is 18.0 Å². The molecule has 3 aromatic rings. The van der Waals surface area contributed by atoms with E-state index in [2.05, 4.69) is 9.88 Å². The number of rotatable bonds is 2. The molecule has 2 aromatic heterocycles. The lowest BCUT2D eigenvalue weighted by molar-refractivity contribution is 0.0663. The summed E-state index contributed by atoms with van der Waals surface area (Å²) < 4.78 is 5.50. The zero-order valence-corrected chi connectivity index (χ0v) is 13.0. The van der Waals surface area contributed by atoms with Gasteiger partial charge in [0.25, 0.3) is 0 Å². The summed E-state index contributed by atoms with van der Waals surface area (Å²) in [5, 5.41) is 10.1. The second-order valence-electron chi connectivity index (χ2n) is 6.00. The number of aromatic nitrogens is 1. The van der Waals surface area contributed by atoms with E-state index < -0.39 is 11.4 Å². The number of para-hydroxylation sites is 1. The third-order valence-corrected chi connectivity index (χ3v) is 4.47. The number of hydrogen-bond acceptors (Lipinski definition) is 5. The van der Waals surface area contributed by atoms with Crippen LogP contribution in [0.3, 0.4) is 0 Å². The summed E-state index contributed by atoms with van der Waals surface area (Å²) in [7, 11) is 0. The molecule has 0 atom stereocenters. The molecule has 0 spiro atoms. The zero-order chi connectivity index (χ0) is 16.7.